The lowest BCUT2D eigenvalue weighted by Crippen LogP contribution is -2.17. The summed E-state index contributed by atoms with van der Waals surface area (Å²) in [7, 11) is 0. The number of furan rings is 1. The Morgan fingerprint density at radius 2 is 1.86 bits per heavy atom. The van der Waals surface area contributed by atoms with Gasteiger partial charge in [0.05, 0.1) is 22.3 Å². The monoisotopic (exact) mass is 412 g/mol. The molecule has 0 radical (unpaired) electrons. The summed E-state index contributed by atoms with van der Waals surface area (Å²) in [6.45, 7) is 2.74. The van der Waals surface area contributed by atoms with Gasteiger partial charge in [0.25, 0.3) is 0 Å². The van der Waals surface area contributed by atoms with Gasteiger partial charge in [-0.15, -0.1) is 0 Å². The predicted octanol–water partition coefficient (Wildman–Crippen LogP) is 5.68. The molecule has 0 aliphatic carbocycles. The quantitative estimate of drug-likeness (QED) is 0.442. The lowest BCUT2D eigenvalue weighted by molar-refractivity contribution is 0.468. The molecule has 0 bridgehead atoms. The maximum absolute atomic E-state index is 6.09. The molecule has 1 atom stereocenters. The second-order valence-corrected chi connectivity index (χ2v) is 7.24. The van der Waals surface area contributed by atoms with E-state index in [2.05, 4.69) is 34.5 Å². The first-order valence-corrected chi connectivity index (χ1v) is 9.58. The van der Waals surface area contributed by atoms with E-state index < -0.39 is 0 Å². The Morgan fingerprint density at radius 3 is 2.57 bits per heavy atom. The highest BCUT2D eigenvalue weighted by molar-refractivity contribution is 6.42. The summed E-state index contributed by atoms with van der Waals surface area (Å²) in [5, 5.41) is 8.66. The number of hydrogen-bond donors (Lipinski definition) is 1. The van der Waals surface area contributed by atoms with Crippen LogP contribution >= 0.6 is 23.2 Å². The van der Waals surface area contributed by atoms with Crippen LogP contribution in [0.3, 0.4) is 0 Å². The zero-order chi connectivity index (χ0) is 19.5. The molecule has 0 amide bonds. The van der Waals surface area contributed by atoms with Crippen LogP contribution in [-0.4, -0.2) is 14.8 Å². The van der Waals surface area contributed by atoms with Crippen molar-refractivity contribution in [3.05, 3.63) is 88.6 Å². The lowest BCUT2D eigenvalue weighted by Gasteiger charge is -2.14. The number of benzene rings is 2. The van der Waals surface area contributed by atoms with Crippen molar-refractivity contribution in [1.82, 2.24) is 20.1 Å². The van der Waals surface area contributed by atoms with Gasteiger partial charge < -0.3 is 9.73 Å². The van der Waals surface area contributed by atoms with E-state index in [4.69, 9.17) is 27.6 Å². The smallest absolute Gasteiger partial charge is 0.138 e. The van der Waals surface area contributed by atoms with Gasteiger partial charge in [0.2, 0.25) is 0 Å². The van der Waals surface area contributed by atoms with Crippen LogP contribution in [0.15, 0.2) is 71.7 Å². The number of aromatic nitrogens is 3. The van der Waals surface area contributed by atoms with E-state index in [0.29, 0.717) is 16.6 Å². The van der Waals surface area contributed by atoms with Crippen LogP contribution in [-0.2, 0) is 6.54 Å². The molecule has 1 unspecified atom stereocenters. The SMILES string of the molecule is CC(NCc1ccc(-c2ccc(Cl)c(Cl)c2)o1)c1ccc(-n2cncn2)cc1. The topological polar surface area (TPSA) is 55.9 Å². The van der Waals surface area contributed by atoms with Crippen molar-refractivity contribution in [3.63, 3.8) is 0 Å². The maximum atomic E-state index is 6.09. The minimum atomic E-state index is 0.170. The fourth-order valence-corrected chi connectivity index (χ4v) is 3.20. The second-order valence-electron chi connectivity index (χ2n) is 6.43. The largest absolute Gasteiger partial charge is 0.460 e. The third-order valence-corrected chi connectivity index (χ3v) is 5.26. The number of halogens is 2. The zero-order valence-corrected chi connectivity index (χ0v) is 16.7. The Kier molecular flexibility index (Phi) is 5.48. The summed E-state index contributed by atoms with van der Waals surface area (Å²) >= 11 is 12.1. The Morgan fingerprint density at radius 1 is 1.04 bits per heavy atom. The van der Waals surface area contributed by atoms with E-state index in [0.717, 1.165) is 22.8 Å². The fourth-order valence-electron chi connectivity index (χ4n) is 2.91. The molecule has 142 valence electrons. The Labute approximate surface area is 172 Å². The van der Waals surface area contributed by atoms with Crippen LogP contribution in [0, 0.1) is 0 Å². The molecule has 0 aliphatic rings. The summed E-state index contributed by atoms with van der Waals surface area (Å²) in [5.74, 6) is 1.62. The summed E-state index contributed by atoms with van der Waals surface area (Å²) in [4.78, 5) is 3.97. The van der Waals surface area contributed by atoms with Crippen LogP contribution < -0.4 is 5.32 Å². The molecule has 0 aliphatic heterocycles. The molecule has 0 saturated carbocycles. The average molecular weight is 413 g/mol. The Bertz CT molecular complexity index is 1060. The normalized spacial score (nSPS) is 12.2. The van der Waals surface area contributed by atoms with Crippen molar-refractivity contribution in [1.29, 1.82) is 0 Å². The van der Waals surface area contributed by atoms with Crippen molar-refractivity contribution < 1.29 is 4.42 Å². The van der Waals surface area contributed by atoms with E-state index in [1.165, 1.54) is 11.9 Å². The molecule has 2 aromatic heterocycles. The number of hydrogen-bond acceptors (Lipinski definition) is 4. The maximum Gasteiger partial charge on any atom is 0.138 e. The first-order chi connectivity index (χ1) is 13.6. The van der Waals surface area contributed by atoms with Crippen LogP contribution in [0.1, 0.15) is 24.3 Å². The van der Waals surface area contributed by atoms with Crippen LogP contribution in [0.2, 0.25) is 10.0 Å². The van der Waals surface area contributed by atoms with E-state index >= 15 is 0 Å². The molecule has 4 aromatic rings. The van der Waals surface area contributed by atoms with Gasteiger partial charge in [-0.05, 0) is 55.0 Å². The highest BCUT2D eigenvalue weighted by Gasteiger charge is 2.10. The molecular formula is C21H18Cl2N4O. The van der Waals surface area contributed by atoms with E-state index in [9.17, 15) is 0 Å². The van der Waals surface area contributed by atoms with Gasteiger partial charge in [-0.3, -0.25) is 0 Å². The van der Waals surface area contributed by atoms with Gasteiger partial charge in [-0.1, -0.05) is 35.3 Å². The third kappa shape index (κ3) is 4.12. The van der Waals surface area contributed by atoms with Gasteiger partial charge in [0.15, 0.2) is 0 Å². The average Bonchev–Trinajstić information content (AvgIpc) is 3.40. The lowest BCUT2D eigenvalue weighted by atomic mass is 10.1. The van der Waals surface area contributed by atoms with Crippen LogP contribution in [0.25, 0.3) is 17.0 Å². The predicted molar refractivity (Wildman–Crippen MR) is 111 cm³/mol. The standard InChI is InChI=1S/C21H18Cl2N4O/c1-14(15-2-5-17(6-3-15)27-13-24-12-26-27)25-11-18-7-9-21(28-18)16-4-8-19(22)20(23)10-16/h2-10,12-14,25H,11H2,1H3. The van der Waals surface area contributed by atoms with Crippen molar-refractivity contribution in [2.24, 2.45) is 0 Å². The molecule has 1 N–H and O–H groups in total. The molecule has 4 rings (SSSR count). The van der Waals surface area contributed by atoms with Crippen molar-refractivity contribution in [2.45, 2.75) is 19.5 Å². The second kappa shape index (κ2) is 8.19. The van der Waals surface area contributed by atoms with Gasteiger partial charge >= 0.3 is 0 Å². The summed E-state index contributed by atoms with van der Waals surface area (Å²) < 4.78 is 7.67. The molecule has 0 saturated heterocycles. The molecule has 2 heterocycles. The van der Waals surface area contributed by atoms with Crippen LogP contribution in [0.4, 0.5) is 0 Å². The van der Waals surface area contributed by atoms with Gasteiger partial charge in [0, 0.05) is 11.6 Å². The van der Waals surface area contributed by atoms with E-state index in [1.807, 2.05) is 30.3 Å². The molecular weight excluding hydrogens is 395 g/mol. The number of nitrogens with one attached hydrogen (secondary N) is 1. The fraction of sp³-hybridized carbons (Fsp3) is 0.143. The zero-order valence-electron chi connectivity index (χ0n) is 15.1. The minimum absolute atomic E-state index is 0.170. The first kappa shape index (κ1) is 18.7. The van der Waals surface area contributed by atoms with Crippen molar-refractivity contribution in [2.75, 3.05) is 0 Å². The van der Waals surface area contributed by atoms with Gasteiger partial charge in [-0.25, -0.2) is 9.67 Å². The molecule has 7 heteroatoms. The molecule has 0 fully saturated rings. The van der Waals surface area contributed by atoms with E-state index in [1.54, 1.807) is 23.1 Å². The van der Waals surface area contributed by atoms with E-state index in [-0.39, 0.29) is 6.04 Å². The molecule has 0 spiro atoms. The van der Waals surface area contributed by atoms with Crippen molar-refractivity contribution in [3.8, 4) is 17.0 Å². The third-order valence-electron chi connectivity index (χ3n) is 4.52. The molecule has 2 aromatic carbocycles. The first-order valence-electron chi connectivity index (χ1n) is 8.82. The molecule has 28 heavy (non-hydrogen) atoms. The summed E-state index contributed by atoms with van der Waals surface area (Å²) in [6.07, 6.45) is 3.20. The summed E-state index contributed by atoms with van der Waals surface area (Å²) in [6, 6.07) is 17.8. The highest BCUT2D eigenvalue weighted by Crippen LogP contribution is 2.29. The highest BCUT2D eigenvalue weighted by atomic mass is 35.5. The summed E-state index contributed by atoms with van der Waals surface area (Å²) in [5.41, 5.74) is 3.06. The molecule has 5 nitrogen and oxygen atoms in total. The van der Waals surface area contributed by atoms with Crippen LogP contribution in [0.5, 0.6) is 0 Å². The van der Waals surface area contributed by atoms with Gasteiger partial charge in [0.1, 0.15) is 24.2 Å². The number of nitrogens with zero attached hydrogens (tertiary/aromatic N) is 3. The Balaban J connectivity index is 1.39. The Hall–Kier alpha value is -2.60. The van der Waals surface area contributed by atoms with Crippen molar-refractivity contribution >= 4 is 23.2 Å². The number of rotatable bonds is 6. The minimum Gasteiger partial charge on any atom is -0.460 e. The van der Waals surface area contributed by atoms with Gasteiger partial charge in [-0.2, -0.15) is 5.10 Å².